The van der Waals surface area contributed by atoms with Gasteiger partial charge in [-0.2, -0.15) is 0 Å². The van der Waals surface area contributed by atoms with Gasteiger partial charge < -0.3 is 15.2 Å². The van der Waals surface area contributed by atoms with Crippen molar-refractivity contribution in [1.82, 2.24) is 0 Å². The zero-order chi connectivity index (χ0) is 10.8. The van der Waals surface area contributed by atoms with E-state index in [1.165, 1.54) is 6.42 Å². The van der Waals surface area contributed by atoms with Crippen molar-refractivity contribution in [2.45, 2.75) is 39.7 Å². The third kappa shape index (κ3) is 8.48. The van der Waals surface area contributed by atoms with Gasteiger partial charge in [-0.1, -0.05) is 27.2 Å². The highest BCUT2D eigenvalue weighted by molar-refractivity contribution is 4.63. The molecule has 0 aromatic rings. The molecule has 1 unspecified atom stereocenters. The van der Waals surface area contributed by atoms with Gasteiger partial charge in [0.25, 0.3) is 0 Å². The van der Waals surface area contributed by atoms with E-state index in [9.17, 15) is 0 Å². The molecule has 0 heterocycles. The second kappa shape index (κ2) is 9.44. The highest BCUT2D eigenvalue weighted by Gasteiger charge is 2.06. The molecule has 14 heavy (non-hydrogen) atoms. The van der Waals surface area contributed by atoms with Gasteiger partial charge in [-0.25, -0.2) is 0 Å². The fraction of sp³-hybridized carbons (Fsp3) is 1.00. The fourth-order valence-electron chi connectivity index (χ4n) is 0.878. The van der Waals surface area contributed by atoms with Crippen molar-refractivity contribution < 1.29 is 9.47 Å². The molecule has 0 amide bonds. The number of hydrogen-bond acceptors (Lipinski definition) is 3. The Morgan fingerprint density at radius 3 is 2.29 bits per heavy atom. The van der Waals surface area contributed by atoms with Crippen molar-refractivity contribution in [2.24, 2.45) is 11.7 Å². The summed E-state index contributed by atoms with van der Waals surface area (Å²) in [5.74, 6) is 0.482. The molecule has 0 aliphatic rings. The average Bonchev–Trinajstić information content (AvgIpc) is 2.16. The molecule has 0 fully saturated rings. The second-order valence-electron chi connectivity index (χ2n) is 3.95. The molecule has 0 aromatic carbocycles. The van der Waals surface area contributed by atoms with Crippen molar-refractivity contribution >= 4 is 0 Å². The lowest BCUT2D eigenvalue weighted by Gasteiger charge is -2.15. The van der Waals surface area contributed by atoms with E-state index in [4.69, 9.17) is 15.2 Å². The summed E-state index contributed by atoms with van der Waals surface area (Å²) in [6.07, 6.45) is 2.31. The van der Waals surface area contributed by atoms with Crippen LogP contribution in [0.4, 0.5) is 0 Å². The van der Waals surface area contributed by atoms with Crippen molar-refractivity contribution in [3.63, 3.8) is 0 Å². The number of ether oxygens (including phenoxy) is 2. The van der Waals surface area contributed by atoms with Crippen LogP contribution in [0.1, 0.15) is 33.6 Å². The average molecular weight is 203 g/mol. The Hall–Kier alpha value is -0.120. The number of unbranched alkanes of at least 4 members (excludes halogenated alkanes) is 1. The molecule has 0 aromatic heterocycles. The van der Waals surface area contributed by atoms with Gasteiger partial charge in [0.2, 0.25) is 0 Å². The SMILES string of the molecule is CCCCOCCOCC(N)C(C)C. The van der Waals surface area contributed by atoms with E-state index in [0.717, 1.165) is 13.0 Å². The van der Waals surface area contributed by atoms with Crippen LogP contribution in [-0.4, -0.2) is 32.5 Å². The summed E-state index contributed by atoms with van der Waals surface area (Å²) in [4.78, 5) is 0. The molecule has 0 saturated carbocycles. The van der Waals surface area contributed by atoms with Gasteiger partial charge in [0.1, 0.15) is 0 Å². The van der Waals surface area contributed by atoms with E-state index >= 15 is 0 Å². The van der Waals surface area contributed by atoms with Crippen molar-refractivity contribution in [1.29, 1.82) is 0 Å². The summed E-state index contributed by atoms with van der Waals surface area (Å²) in [7, 11) is 0. The number of nitrogens with two attached hydrogens (primary N) is 1. The first kappa shape index (κ1) is 13.9. The van der Waals surface area contributed by atoms with Crippen LogP contribution in [0.2, 0.25) is 0 Å². The maximum Gasteiger partial charge on any atom is 0.0701 e. The van der Waals surface area contributed by atoms with E-state index in [2.05, 4.69) is 20.8 Å². The molecule has 0 aliphatic carbocycles. The van der Waals surface area contributed by atoms with Gasteiger partial charge in [0.15, 0.2) is 0 Å². The standard InChI is InChI=1S/C11H25NO2/c1-4-5-6-13-7-8-14-9-11(12)10(2)3/h10-11H,4-9,12H2,1-3H3. The third-order valence-electron chi connectivity index (χ3n) is 2.18. The number of rotatable bonds is 9. The molecular formula is C11H25NO2. The monoisotopic (exact) mass is 203 g/mol. The Morgan fingerprint density at radius 1 is 1.07 bits per heavy atom. The Kier molecular flexibility index (Phi) is 9.35. The largest absolute Gasteiger partial charge is 0.379 e. The Bertz CT molecular complexity index is 118. The minimum Gasteiger partial charge on any atom is -0.379 e. The Balaban J connectivity index is 3.06. The topological polar surface area (TPSA) is 44.5 Å². The van der Waals surface area contributed by atoms with Gasteiger partial charge in [0.05, 0.1) is 19.8 Å². The lowest BCUT2D eigenvalue weighted by atomic mass is 10.1. The maximum atomic E-state index is 5.81. The van der Waals surface area contributed by atoms with E-state index in [-0.39, 0.29) is 6.04 Å². The molecule has 0 bridgehead atoms. The summed E-state index contributed by atoms with van der Waals surface area (Å²) in [5.41, 5.74) is 5.81. The minimum absolute atomic E-state index is 0.144. The van der Waals surface area contributed by atoms with Crippen molar-refractivity contribution in [2.75, 3.05) is 26.4 Å². The molecular weight excluding hydrogens is 178 g/mol. The highest BCUT2D eigenvalue weighted by Crippen LogP contribution is 1.98. The second-order valence-corrected chi connectivity index (χ2v) is 3.95. The Morgan fingerprint density at radius 2 is 1.71 bits per heavy atom. The minimum atomic E-state index is 0.144. The molecule has 0 saturated heterocycles. The van der Waals surface area contributed by atoms with Gasteiger partial charge >= 0.3 is 0 Å². The van der Waals surface area contributed by atoms with E-state index in [1.54, 1.807) is 0 Å². The summed E-state index contributed by atoms with van der Waals surface area (Å²) >= 11 is 0. The molecule has 86 valence electrons. The zero-order valence-corrected chi connectivity index (χ0v) is 9.79. The quantitative estimate of drug-likeness (QED) is 0.581. The smallest absolute Gasteiger partial charge is 0.0701 e. The molecule has 3 heteroatoms. The van der Waals surface area contributed by atoms with Crippen LogP contribution in [0.15, 0.2) is 0 Å². The summed E-state index contributed by atoms with van der Waals surface area (Å²) in [6.45, 7) is 9.18. The first-order chi connectivity index (χ1) is 6.68. The number of hydrogen-bond donors (Lipinski definition) is 1. The first-order valence-corrected chi connectivity index (χ1v) is 5.59. The van der Waals surface area contributed by atoms with Crippen LogP contribution < -0.4 is 5.73 Å². The lowest BCUT2D eigenvalue weighted by Crippen LogP contribution is -2.32. The lowest BCUT2D eigenvalue weighted by molar-refractivity contribution is 0.0378. The Labute approximate surface area is 88.0 Å². The van der Waals surface area contributed by atoms with E-state index in [0.29, 0.717) is 25.7 Å². The van der Waals surface area contributed by atoms with Crippen molar-refractivity contribution in [3.05, 3.63) is 0 Å². The van der Waals surface area contributed by atoms with Gasteiger partial charge in [-0.15, -0.1) is 0 Å². The molecule has 0 rings (SSSR count). The predicted molar refractivity (Wildman–Crippen MR) is 59.4 cm³/mol. The molecule has 0 radical (unpaired) electrons. The third-order valence-corrected chi connectivity index (χ3v) is 2.18. The summed E-state index contributed by atoms with van der Waals surface area (Å²) in [5, 5.41) is 0. The van der Waals surface area contributed by atoms with E-state index in [1.807, 2.05) is 0 Å². The molecule has 3 nitrogen and oxygen atoms in total. The zero-order valence-electron chi connectivity index (χ0n) is 9.79. The normalized spacial score (nSPS) is 13.5. The highest BCUT2D eigenvalue weighted by atomic mass is 16.5. The van der Waals surface area contributed by atoms with Gasteiger partial charge in [-0.3, -0.25) is 0 Å². The maximum absolute atomic E-state index is 5.81. The molecule has 2 N–H and O–H groups in total. The van der Waals surface area contributed by atoms with Crippen LogP contribution >= 0.6 is 0 Å². The van der Waals surface area contributed by atoms with Crippen LogP contribution in [-0.2, 0) is 9.47 Å². The molecule has 0 aliphatic heterocycles. The fourth-order valence-corrected chi connectivity index (χ4v) is 0.878. The van der Waals surface area contributed by atoms with Crippen LogP contribution in [0.5, 0.6) is 0 Å². The van der Waals surface area contributed by atoms with Gasteiger partial charge in [-0.05, 0) is 12.3 Å². The first-order valence-electron chi connectivity index (χ1n) is 5.59. The van der Waals surface area contributed by atoms with Gasteiger partial charge in [0, 0.05) is 12.6 Å². The van der Waals surface area contributed by atoms with Crippen LogP contribution in [0.25, 0.3) is 0 Å². The predicted octanol–water partition coefficient (Wildman–Crippen LogP) is 1.80. The molecule has 0 spiro atoms. The molecule has 1 atom stereocenters. The summed E-state index contributed by atoms with van der Waals surface area (Å²) < 4.78 is 10.7. The summed E-state index contributed by atoms with van der Waals surface area (Å²) in [6, 6.07) is 0.144. The van der Waals surface area contributed by atoms with Crippen LogP contribution in [0.3, 0.4) is 0 Å². The van der Waals surface area contributed by atoms with Crippen molar-refractivity contribution in [3.8, 4) is 0 Å². The van der Waals surface area contributed by atoms with Crippen LogP contribution in [0, 0.1) is 5.92 Å². The van der Waals surface area contributed by atoms with E-state index < -0.39 is 0 Å².